The molecule has 0 bridgehead atoms. The van der Waals surface area contributed by atoms with Crippen LogP contribution in [0.3, 0.4) is 0 Å². The molecule has 3 saturated carbocycles. The average Bonchev–Trinajstić information content (AvgIpc) is 3.71. The number of halogens is 1. The van der Waals surface area contributed by atoms with Gasteiger partial charge in [0.05, 0.1) is 18.3 Å². The molecule has 2 saturated heterocycles. The summed E-state index contributed by atoms with van der Waals surface area (Å²) in [5.41, 5.74) is 4.47. The minimum absolute atomic E-state index is 0.0578. The van der Waals surface area contributed by atoms with E-state index in [-0.39, 0.29) is 23.0 Å². The molecule has 0 N–H and O–H groups in total. The quantitative estimate of drug-likeness (QED) is 0.211. The molecule has 4 aromatic heterocycles. The van der Waals surface area contributed by atoms with Crippen LogP contribution >= 0.6 is 11.6 Å². The van der Waals surface area contributed by atoms with Crippen LogP contribution in [0.2, 0.25) is 5.28 Å². The maximum atomic E-state index is 14.0. The van der Waals surface area contributed by atoms with Gasteiger partial charge in [0.25, 0.3) is 11.8 Å². The Kier molecular flexibility index (Phi) is 6.23. The molecule has 3 unspecified atom stereocenters. The monoisotopic (exact) mass is 662 g/mol. The van der Waals surface area contributed by atoms with Crippen LogP contribution in [0.1, 0.15) is 46.5 Å². The highest BCUT2D eigenvalue weighted by Crippen LogP contribution is 2.60. The molecule has 12 heteroatoms. The Bertz CT molecular complexity index is 2150. The van der Waals surface area contributed by atoms with E-state index in [1.165, 1.54) is 25.5 Å². The zero-order chi connectivity index (χ0) is 32.3. The van der Waals surface area contributed by atoms with Crippen molar-refractivity contribution in [1.29, 1.82) is 0 Å². The van der Waals surface area contributed by atoms with Crippen molar-refractivity contribution in [1.82, 2.24) is 38.9 Å². The van der Waals surface area contributed by atoms with E-state index in [1.807, 2.05) is 24.4 Å². The number of rotatable bonds is 8. The van der Waals surface area contributed by atoms with Crippen LogP contribution < -0.4 is 4.74 Å². The molecule has 11 nitrogen and oxygen atoms in total. The summed E-state index contributed by atoms with van der Waals surface area (Å²) in [7, 11) is 1.66. The number of hydrogen-bond acceptors (Lipinski definition) is 7. The number of pyridine rings is 1. The van der Waals surface area contributed by atoms with Crippen LogP contribution in [-0.2, 0) is 13.1 Å². The third kappa shape index (κ3) is 4.32. The second-order valence-electron chi connectivity index (χ2n) is 14.5. The molecule has 5 aromatic rings. The van der Waals surface area contributed by atoms with Gasteiger partial charge in [0.2, 0.25) is 5.28 Å². The van der Waals surface area contributed by atoms with Crippen molar-refractivity contribution >= 4 is 45.5 Å². The number of imidazole rings is 1. The Balaban J connectivity index is 1.05. The Morgan fingerprint density at radius 2 is 1.77 bits per heavy atom. The van der Waals surface area contributed by atoms with Crippen molar-refractivity contribution in [3.8, 4) is 17.3 Å². The van der Waals surface area contributed by atoms with E-state index in [2.05, 4.69) is 36.1 Å². The first-order valence-electron chi connectivity index (χ1n) is 17.0. The number of carbonyl (C=O) groups excluding carboxylic acids is 2. The van der Waals surface area contributed by atoms with Gasteiger partial charge in [-0.2, -0.15) is 0 Å². The smallest absolute Gasteiger partial charge is 0.272 e. The van der Waals surface area contributed by atoms with Crippen LogP contribution in [0.15, 0.2) is 48.8 Å². The second kappa shape index (κ2) is 10.5. The number of likely N-dealkylation sites (tertiary alicyclic amines) is 2. The van der Waals surface area contributed by atoms with Gasteiger partial charge in [-0.15, -0.1) is 0 Å². The molecule has 4 atom stereocenters. The lowest BCUT2D eigenvalue weighted by atomic mass is 9.53. The summed E-state index contributed by atoms with van der Waals surface area (Å²) in [4.78, 5) is 49.2. The first-order chi connectivity index (χ1) is 23.4. The van der Waals surface area contributed by atoms with Gasteiger partial charge in [-0.1, -0.05) is 0 Å². The number of fused-ring (bicyclic) bond motifs is 2. The SMILES string of the molecule is COc1cc(C(=O)N2CC3CC4CC2[C@H]43)cc2nc(-c3cc4cccnc4n3CC3CC3)n(CC3CN(C(=O)c4ccnc(Cl)n4)C3)c12. The van der Waals surface area contributed by atoms with Crippen molar-refractivity contribution < 1.29 is 14.3 Å². The molecule has 2 amide bonds. The molecule has 5 aliphatic rings. The van der Waals surface area contributed by atoms with Crippen molar-refractivity contribution in [3.05, 3.63) is 65.3 Å². The molecule has 5 fully saturated rings. The minimum atomic E-state index is -0.157. The summed E-state index contributed by atoms with van der Waals surface area (Å²) in [6, 6.07) is 12.1. The molecule has 2 aliphatic heterocycles. The minimum Gasteiger partial charge on any atom is -0.494 e. The van der Waals surface area contributed by atoms with E-state index in [0.29, 0.717) is 60.4 Å². The standard InChI is InChI=1S/C36H35ClN8O3/c1-48-29-13-23(34(46)44-18-24-9-22-12-27(44)30(22)24)10-26-31(29)45(17-20-14-42(15-20)35(47)25-6-8-39-36(37)41-25)33(40-26)28-11-21-3-2-7-38-32(21)43(28)16-19-4-5-19/h2-3,6-8,10-11,13,19-20,22,24,27,30H,4-5,9,12,14-18H2,1H3/t22?,24?,27?,30-/m1/s1. The molecular formula is C36H35ClN8O3. The maximum Gasteiger partial charge on any atom is 0.272 e. The van der Waals surface area contributed by atoms with Crippen molar-refractivity contribution in [3.63, 3.8) is 0 Å². The lowest BCUT2D eigenvalue weighted by molar-refractivity contribution is -0.0204. The van der Waals surface area contributed by atoms with E-state index in [0.717, 1.165) is 59.0 Å². The maximum absolute atomic E-state index is 14.0. The number of methoxy groups -OCH3 is 1. The average molecular weight is 663 g/mol. The molecule has 244 valence electrons. The van der Waals surface area contributed by atoms with Crippen molar-refractivity contribution in [2.24, 2.45) is 29.6 Å². The molecule has 0 radical (unpaired) electrons. The van der Waals surface area contributed by atoms with Gasteiger partial charge >= 0.3 is 0 Å². The predicted octanol–water partition coefficient (Wildman–Crippen LogP) is 5.17. The van der Waals surface area contributed by atoms with E-state index in [1.54, 1.807) is 18.1 Å². The molecule has 6 heterocycles. The highest BCUT2D eigenvalue weighted by atomic mass is 35.5. The van der Waals surface area contributed by atoms with E-state index in [4.69, 9.17) is 26.3 Å². The zero-order valence-electron chi connectivity index (χ0n) is 26.6. The summed E-state index contributed by atoms with van der Waals surface area (Å²) >= 11 is 5.96. The molecule has 48 heavy (non-hydrogen) atoms. The third-order valence-corrected chi connectivity index (χ3v) is 11.8. The Morgan fingerprint density at radius 1 is 0.917 bits per heavy atom. The number of ether oxygens (including phenoxy) is 1. The molecule has 3 aliphatic carbocycles. The summed E-state index contributed by atoms with van der Waals surface area (Å²) in [6.45, 7) is 3.51. The summed E-state index contributed by atoms with van der Waals surface area (Å²) < 4.78 is 10.6. The van der Waals surface area contributed by atoms with Crippen LogP contribution in [0.25, 0.3) is 33.6 Å². The highest BCUT2D eigenvalue weighted by molar-refractivity contribution is 6.28. The largest absolute Gasteiger partial charge is 0.494 e. The van der Waals surface area contributed by atoms with Gasteiger partial charge in [0.15, 0.2) is 5.82 Å². The van der Waals surface area contributed by atoms with E-state index in [9.17, 15) is 9.59 Å². The fourth-order valence-electron chi connectivity index (χ4n) is 8.99. The number of amides is 2. The molecule has 1 aromatic carbocycles. The first kappa shape index (κ1) is 28.5. The van der Waals surface area contributed by atoms with Gasteiger partial charge in [-0.25, -0.2) is 19.9 Å². The lowest BCUT2D eigenvalue weighted by Crippen LogP contribution is -2.53. The molecule has 0 spiro atoms. The number of benzene rings is 1. The van der Waals surface area contributed by atoms with Gasteiger partial charge in [0.1, 0.15) is 22.6 Å². The van der Waals surface area contributed by atoms with Gasteiger partial charge in [-0.3, -0.25) is 9.59 Å². The third-order valence-electron chi connectivity index (χ3n) is 11.6. The summed E-state index contributed by atoms with van der Waals surface area (Å²) in [5.74, 6) is 4.37. The topological polar surface area (TPSA) is 111 Å². The highest BCUT2D eigenvalue weighted by Gasteiger charge is 2.61. The Hall–Kier alpha value is -4.51. The van der Waals surface area contributed by atoms with E-state index < -0.39 is 0 Å². The van der Waals surface area contributed by atoms with Crippen LogP contribution in [-0.4, -0.2) is 83.5 Å². The number of aromatic nitrogens is 6. The summed E-state index contributed by atoms with van der Waals surface area (Å²) in [6.07, 6.45) is 8.17. The fourth-order valence-corrected chi connectivity index (χ4v) is 9.13. The van der Waals surface area contributed by atoms with Crippen molar-refractivity contribution in [2.75, 3.05) is 26.7 Å². The normalized spacial score (nSPS) is 24.4. The lowest BCUT2D eigenvalue weighted by Gasteiger charge is -2.52. The summed E-state index contributed by atoms with van der Waals surface area (Å²) in [5, 5.41) is 1.13. The Morgan fingerprint density at radius 3 is 2.54 bits per heavy atom. The van der Waals surface area contributed by atoms with Crippen LogP contribution in [0.5, 0.6) is 5.75 Å². The van der Waals surface area contributed by atoms with Gasteiger partial charge in [-0.05, 0) is 97.4 Å². The number of hydrogen-bond donors (Lipinski definition) is 0. The van der Waals surface area contributed by atoms with Crippen LogP contribution in [0, 0.1) is 29.6 Å². The fraction of sp³-hybridized carbons (Fsp3) is 0.444. The van der Waals surface area contributed by atoms with Gasteiger partial charge < -0.3 is 23.7 Å². The number of carbonyl (C=O) groups is 2. The molecular weight excluding hydrogens is 628 g/mol. The number of nitrogens with zero attached hydrogens (tertiary/aromatic N) is 8. The van der Waals surface area contributed by atoms with Crippen molar-refractivity contribution in [2.45, 2.75) is 44.8 Å². The Labute approximate surface area is 281 Å². The zero-order valence-corrected chi connectivity index (χ0v) is 27.4. The van der Waals surface area contributed by atoms with Gasteiger partial charge in [0, 0.05) is 68.0 Å². The van der Waals surface area contributed by atoms with E-state index >= 15 is 0 Å². The molecule has 10 rings (SSSR count). The first-order valence-corrected chi connectivity index (χ1v) is 17.4. The van der Waals surface area contributed by atoms with Crippen LogP contribution in [0.4, 0.5) is 0 Å². The predicted molar refractivity (Wildman–Crippen MR) is 179 cm³/mol. The second-order valence-corrected chi connectivity index (χ2v) is 14.8.